The highest BCUT2D eigenvalue weighted by Gasteiger charge is 2.19. The normalized spacial score (nSPS) is 11.0. The van der Waals surface area contributed by atoms with Gasteiger partial charge in [0, 0.05) is 12.5 Å². The topological polar surface area (TPSA) is 122 Å². The maximum absolute atomic E-state index is 12.2. The lowest BCUT2D eigenvalue weighted by Crippen LogP contribution is -2.21. The number of carboxylic acid groups (broad SMARTS) is 1. The van der Waals surface area contributed by atoms with Crippen LogP contribution in [0.4, 0.5) is 5.69 Å². The van der Waals surface area contributed by atoms with Gasteiger partial charge in [0.2, 0.25) is 0 Å². The predicted molar refractivity (Wildman–Crippen MR) is 90.4 cm³/mol. The van der Waals surface area contributed by atoms with Crippen molar-refractivity contribution in [3.63, 3.8) is 0 Å². The second-order valence-corrected chi connectivity index (χ2v) is 5.03. The Morgan fingerprint density at radius 1 is 1.04 bits per heavy atom. The van der Waals surface area contributed by atoms with E-state index in [0.29, 0.717) is 11.3 Å². The van der Waals surface area contributed by atoms with Crippen LogP contribution in [-0.4, -0.2) is 27.6 Å². The fourth-order valence-corrected chi connectivity index (χ4v) is 2.12. The predicted octanol–water partition coefficient (Wildman–Crippen LogP) is 2.59. The van der Waals surface area contributed by atoms with E-state index in [9.17, 15) is 19.7 Å². The first-order valence-electron chi connectivity index (χ1n) is 7.36. The summed E-state index contributed by atoms with van der Waals surface area (Å²) in [6.45, 7) is 0. The molecule has 25 heavy (non-hydrogen) atoms. The number of hydrogen-bond acceptors (Lipinski definition) is 5. The minimum Gasteiger partial charge on any atom is -0.481 e. The van der Waals surface area contributed by atoms with Gasteiger partial charge in [0.1, 0.15) is 5.56 Å². The Bertz CT molecular complexity index is 818. The van der Waals surface area contributed by atoms with Gasteiger partial charge >= 0.3 is 5.97 Å². The molecule has 0 atom stereocenters. The number of hydrazone groups is 1. The number of hydrogen-bond donors (Lipinski definition) is 2. The summed E-state index contributed by atoms with van der Waals surface area (Å²) < 4.78 is 0. The van der Waals surface area contributed by atoms with E-state index < -0.39 is 16.8 Å². The lowest BCUT2D eigenvalue weighted by Gasteiger charge is -2.07. The number of aliphatic carboxylic acids is 1. The molecule has 2 rings (SSSR count). The first-order chi connectivity index (χ1) is 12.0. The third kappa shape index (κ3) is 4.96. The third-order valence-corrected chi connectivity index (χ3v) is 3.32. The summed E-state index contributed by atoms with van der Waals surface area (Å²) in [6.07, 6.45) is -0.0500. The van der Waals surface area contributed by atoms with Crippen LogP contribution in [0.5, 0.6) is 0 Å². The van der Waals surface area contributed by atoms with Crippen LogP contribution < -0.4 is 5.43 Å². The average molecular weight is 341 g/mol. The number of rotatable bonds is 7. The molecule has 0 unspecified atom stereocenters. The lowest BCUT2D eigenvalue weighted by atomic mass is 10.1. The van der Waals surface area contributed by atoms with Crippen molar-refractivity contribution in [2.75, 3.05) is 0 Å². The van der Waals surface area contributed by atoms with E-state index in [-0.39, 0.29) is 24.1 Å². The van der Waals surface area contributed by atoms with Crippen molar-refractivity contribution < 1.29 is 19.6 Å². The van der Waals surface area contributed by atoms with E-state index >= 15 is 0 Å². The number of benzene rings is 2. The Hall–Kier alpha value is -3.55. The molecule has 0 saturated carbocycles. The summed E-state index contributed by atoms with van der Waals surface area (Å²) in [4.78, 5) is 33.3. The zero-order valence-corrected chi connectivity index (χ0v) is 13.1. The summed E-state index contributed by atoms with van der Waals surface area (Å²) in [5.74, 6) is -1.73. The Labute approximate surface area is 142 Å². The first kappa shape index (κ1) is 17.8. The van der Waals surface area contributed by atoms with Gasteiger partial charge < -0.3 is 5.11 Å². The van der Waals surface area contributed by atoms with Crippen molar-refractivity contribution in [1.82, 2.24) is 5.43 Å². The molecule has 0 bridgehead atoms. The minimum atomic E-state index is -0.992. The van der Waals surface area contributed by atoms with Gasteiger partial charge in [-0.1, -0.05) is 42.5 Å². The second kappa shape index (κ2) is 8.34. The molecule has 8 heteroatoms. The van der Waals surface area contributed by atoms with E-state index in [2.05, 4.69) is 10.5 Å². The average Bonchev–Trinajstić information content (AvgIpc) is 2.62. The van der Waals surface area contributed by atoms with Crippen molar-refractivity contribution in [3.8, 4) is 0 Å². The Kier molecular flexibility index (Phi) is 5.94. The SMILES string of the molecule is O=C(O)CCC(=NNC(=O)c1ccccc1[N+](=O)[O-])c1ccccc1. The minimum absolute atomic E-state index is 0.108. The molecular weight excluding hydrogens is 326 g/mol. The molecule has 0 spiro atoms. The fourth-order valence-electron chi connectivity index (χ4n) is 2.12. The van der Waals surface area contributed by atoms with E-state index in [1.807, 2.05) is 0 Å². The standard InChI is InChI=1S/C17H15N3O5/c21-16(22)11-10-14(12-6-2-1-3-7-12)18-19-17(23)13-8-4-5-9-15(13)20(24)25/h1-9H,10-11H2,(H,19,23)(H,21,22). The number of carboxylic acids is 1. The van der Waals surface area contributed by atoms with Crippen LogP contribution in [0.25, 0.3) is 0 Å². The molecule has 8 nitrogen and oxygen atoms in total. The number of carbonyl (C=O) groups excluding carboxylic acids is 1. The Morgan fingerprint density at radius 2 is 1.68 bits per heavy atom. The molecule has 1 amide bonds. The summed E-state index contributed by atoms with van der Waals surface area (Å²) in [6, 6.07) is 14.3. The maximum Gasteiger partial charge on any atom is 0.303 e. The molecule has 0 aliphatic heterocycles. The molecular formula is C17H15N3O5. The van der Waals surface area contributed by atoms with Crippen LogP contribution in [0.15, 0.2) is 59.7 Å². The van der Waals surface area contributed by atoms with Gasteiger partial charge in [0.15, 0.2) is 0 Å². The van der Waals surface area contributed by atoms with Gasteiger partial charge in [-0.3, -0.25) is 19.7 Å². The number of nitro benzene ring substituents is 1. The summed E-state index contributed by atoms with van der Waals surface area (Å²) >= 11 is 0. The first-order valence-corrected chi connectivity index (χ1v) is 7.36. The number of carbonyl (C=O) groups is 2. The van der Waals surface area contributed by atoms with Crippen molar-refractivity contribution in [1.29, 1.82) is 0 Å². The Balaban J connectivity index is 2.24. The van der Waals surface area contributed by atoms with Crippen molar-refractivity contribution in [2.45, 2.75) is 12.8 Å². The zero-order chi connectivity index (χ0) is 18.2. The maximum atomic E-state index is 12.2. The fraction of sp³-hybridized carbons (Fsp3) is 0.118. The molecule has 0 radical (unpaired) electrons. The Morgan fingerprint density at radius 3 is 2.32 bits per heavy atom. The van der Waals surface area contributed by atoms with E-state index in [1.165, 1.54) is 24.3 Å². The largest absolute Gasteiger partial charge is 0.481 e. The second-order valence-electron chi connectivity index (χ2n) is 5.03. The number of nitrogens with one attached hydrogen (secondary N) is 1. The van der Waals surface area contributed by atoms with Crippen LogP contribution in [0, 0.1) is 10.1 Å². The van der Waals surface area contributed by atoms with Crippen LogP contribution in [0.2, 0.25) is 0 Å². The summed E-state index contributed by atoms with van der Waals surface area (Å²) in [5.41, 5.74) is 2.84. The van der Waals surface area contributed by atoms with Crippen molar-refractivity contribution >= 4 is 23.3 Å². The molecule has 0 aliphatic carbocycles. The van der Waals surface area contributed by atoms with Crippen molar-refractivity contribution in [3.05, 3.63) is 75.8 Å². The number of para-hydroxylation sites is 1. The molecule has 0 fully saturated rings. The monoisotopic (exact) mass is 341 g/mol. The van der Waals surface area contributed by atoms with Crippen LogP contribution in [-0.2, 0) is 4.79 Å². The van der Waals surface area contributed by atoms with Crippen LogP contribution in [0.1, 0.15) is 28.8 Å². The molecule has 0 aliphatic rings. The lowest BCUT2D eigenvalue weighted by molar-refractivity contribution is -0.385. The molecule has 0 aromatic heterocycles. The molecule has 0 heterocycles. The van der Waals surface area contributed by atoms with E-state index in [4.69, 9.17) is 5.11 Å². The number of nitro groups is 1. The van der Waals surface area contributed by atoms with Crippen molar-refractivity contribution in [2.24, 2.45) is 5.10 Å². The van der Waals surface area contributed by atoms with Gasteiger partial charge in [-0.05, 0) is 11.6 Å². The number of amides is 1. The van der Waals surface area contributed by atoms with Crippen LogP contribution in [0.3, 0.4) is 0 Å². The highest BCUT2D eigenvalue weighted by molar-refractivity contribution is 6.03. The van der Waals surface area contributed by atoms with Gasteiger partial charge in [-0.25, -0.2) is 5.43 Å². The van der Waals surface area contributed by atoms with Gasteiger partial charge in [0.05, 0.1) is 17.1 Å². The molecule has 2 aromatic rings. The quantitative estimate of drug-likeness (QED) is 0.455. The molecule has 2 N–H and O–H groups in total. The summed E-state index contributed by atoms with van der Waals surface area (Å²) in [7, 11) is 0. The summed E-state index contributed by atoms with van der Waals surface area (Å²) in [5, 5.41) is 23.8. The number of nitrogens with zero attached hydrogens (tertiary/aromatic N) is 2. The van der Waals surface area contributed by atoms with Crippen LogP contribution >= 0.6 is 0 Å². The third-order valence-electron chi connectivity index (χ3n) is 3.32. The highest BCUT2D eigenvalue weighted by atomic mass is 16.6. The molecule has 2 aromatic carbocycles. The highest BCUT2D eigenvalue weighted by Crippen LogP contribution is 2.17. The zero-order valence-electron chi connectivity index (χ0n) is 13.1. The molecule has 128 valence electrons. The van der Waals surface area contributed by atoms with Gasteiger partial charge in [-0.2, -0.15) is 5.10 Å². The molecule has 0 saturated heterocycles. The smallest absolute Gasteiger partial charge is 0.303 e. The van der Waals surface area contributed by atoms with E-state index in [1.54, 1.807) is 30.3 Å². The van der Waals surface area contributed by atoms with E-state index in [0.717, 1.165) is 0 Å². The van der Waals surface area contributed by atoms with Gasteiger partial charge in [-0.15, -0.1) is 0 Å². The van der Waals surface area contributed by atoms with Gasteiger partial charge in [0.25, 0.3) is 11.6 Å².